The molecule has 39 heavy (non-hydrogen) atoms. The van der Waals surface area contributed by atoms with Crippen molar-refractivity contribution >= 4 is 5.78 Å². The molecule has 0 radical (unpaired) electrons. The third-order valence-corrected chi connectivity index (χ3v) is 10.3. The number of fused-ring (bicyclic) bond motifs is 3. The van der Waals surface area contributed by atoms with E-state index in [9.17, 15) is 40.5 Å². The molecule has 14 atom stereocenters. The molecule has 0 aromatic heterocycles. The van der Waals surface area contributed by atoms with E-state index in [-0.39, 0.29) is 24.3 Å². The van der Waals surface area contributed by atoms with E-state index in [2.05, 4.69) is 11.0 Å². The third-order valence-electron chi connectivity index (χ3n) is 10.3. The zero-order valence-electron chi connectivity index (χ0n) is 23.2. The SMILES string of the molecule is COC(O)CCCCCC1=CC(N(C)C)C2C[C@H]3C[C@H]4CC(O)C(C(N)O)C(=O)[C@@]4(O)C(O)C3C(O)C2C1O. The zero-order chi connectivity index (χ0) is 28.8. The standard InChI is InChI=1S/C28H48N2O9/c1-30(2)17-11-13(7-5-4-6-8-19(32)39-3)23(33)21-16(17)10-14-9-15-12-18(31)22(27(29)37)26(36)28(15,38)25(35)20(14)24(21)34/h11,14-25,27,31-35,37-38H,4-10,12,29H2,1-3H3/t14-,15+,16?,17?,18?,19?,20?,21?,22?,23?,24?,25?,27?,28+/m1/s1. The maximum atomic E-state index is 13.3. The predicted octanol–water partition coefficient (Wildman–Crippen LogP) is -1.30. The van der Waals surface area contributed by atoms with Crippen molar-refractivity contribution in [1.29, 1.82) is 0 Å². The molecule has 11 heteroatoms. The number of methoxy groups -OCH3 is 1. The lowest BCUT2D eigenvalue weighted by molar-refractivity contribution is -0.240. The fraction of sp³-hybridized carbons (Fsp3) is 0.893. The monoisotopic (exact) mass is 556 g/mol. The highest BCUT2D eigenvalue weighted by atomic mass is 16.6. The number of likely N-dealkylation sites (N-methyl/N-ethyl adjacent to an activating group) is 1. The van der Waals surface area contributed by atoms with E-state index >= 15 is 0 Å². The van der Waals surface area contributed by atoms with Gasteiger partial charge in [0.2, 0.25) is 0 Å². The number of ether oxygens (including phenoxy) is 1. The highest BCUT2D eigenvalue weighted by Gasteiger charge is 2.67. The molecule has 3 saturated carbocycles. The minimum Gasteiger partial charge on any atom is -0.392 e. The fourth-order valence-corrected chi connectivity index (χ4v) is 8.30. The number of hydrogen-bond acceptors (Lipinski definition) is 11. The van der Waals surface area contributed by atoms with E-state index in [1.807, 2.05) is 14.1 Å². The molecule has 4 aliphatic rings. The molecular weight excluding hydrogens is 508 g/mol. The number of ketones is 1. The molecule has 9 N–H and O–H groups in total. The summed E-state index contributed by atoms with van der Waals surface area (Å²) < 4.78 is 4.88. The van der Waals surface area contributed by atoms with Crippen LogP contribution in [0.25, 0.3) is 0 Å². The quantitative estimate of drug-likeness (QED) is 0.0954. The van der Waals surface area contributed by atoms with Gasteiger partial charge in [0, 0.05) is 30.9 Å². The van der Waals surface area contributed by atoms with Crippen molar-refractivity contribution in [2.24, 2.45) is 41.2 Å². The summed E-state index contributed by atoms with van der Waals surface area (Å²) in [6, 6.07) is -0.0485. The second-order valence-corrected chi connectivity index (χ2v) is 12.6. The van der Waals surface area contributed by atoms with Gasteiger partial charge in [-0.2, -0.15) is 0 Å². The largest absolute Gasteiger partial charge is 0.392 e. The lowest BCUT2D eigenvalue weighted by Gasteiger charge is -2.60. The number of carbonyl (C=O) groups is 1. The summed E-state index contributed by atoms with van der Waals surface area (Å²) in [4.78, 5) is 15.4. The summed E-state index contributed by atoms with van der Waals surface area (Å²) in [5.74, 6) is -4.83. The summed E-state index contributed by atoms with van der Waals surface area (Å²) in [7, 11) is 5.38. The fourth-order valence-electron chi connectivity index (χ4n) is 8.30. The van der Waals surface area contributed by atoms with Crippen molar-refractivity contribution in [2.75, 3.05) is 21.2 Å². The normalized spacial score (nSPS) is 45.7. The molecule has 3 fully saturated rings. The first-order valence-electron chi connectivity index (χ1n) is 14.3. The number of aliphatic hydroxyl groups excluding tert-OH is 6. The van der Waals surface area contributed by atoms with Gasteiger partial charge >= 0.3 is 0 Å². The lowest BCUT2D eigenvalue weighted by Crippen LogP contribution is -2.73. The zero-order valence-corrected chi connectivity index (χ0v) is 23.2. The highest BCUT2D eigenvalue weighted by Crippen LogP contribution is 2.56. The number of nitrogens with two attached hydrogens (primary N) is 1. The Morgan fingerprint density at radius 2 is 1.77 bits per heavy atom. The van der Waals surface area contributed by atoms with Crippen molar-refractivity contribution in [2.45, 2.75) is 99.9 Å². The second kappa shape index (κ2) is 12.1. The summed E-state index contributed by atoms with van der Waals surface area (Å²) in [6.07, 6.45) is -0.842. The summed E-state index contributed by atoms with van der Waals surface area (Å²) in [6.45, 7) is 0. The van der Waals surface area contributed by atoms with E-state index in [0.29, 0.717) is 25.7 Å². The van der Waals surface area contributed by atoms with Crippen LogP contribution in [0.4, 0.5) is 0 Å². The summed E-state index contributed by atoms with van der Waals surface area (Å²) >= 11 is 0. The summed E-state index contributed by atoms with van der Waals surface area (Å²) in [5, 5.41) is 76.4. The van der Waals surface area contributed by atoms with Gasteiger partial charge in [-0.15, -0.1) is 0 Å². The first kappa shape index (κ1) is 31.0. The van der Waals surface area contributed by atoms with Gasteiger partial charge in [-0.25, -0.2) is 0 Å². The van der Waals surface area contributed by atoms with Gasteiger partial charge in [-0.1, -0.05) is 12.5 Å². The van der Waals surface area contributed by atoms with Gasteiger partial charge in [0.05, 0.1) is 30.3 Å². The van der Waals surface area contributed by atoms with E-state index in [1.165, 1.54) is 7.11 Å². The minimum absolute atomic E-state index is 0.0107. The van der Waals surface area contributed by atoms with Crippen LogP contribution in [-0.2, 0) is 9.53 Å². The number of aliphatic hydroxyl groups is 7. The Morgan fingerprint density at radius 1 is 1.08 bits per heavy atom. The molecule has 0 amide bonds. The van der Waals surface area contributed by atoms with Crippen molar-refractivity contribution < 1.29 is 45.3 Å². The molecule has 0 aliphatic heterocycles. The van der Waals surface area contributed by atoms with E-state index in [1.54, 1.807) is 0 Å². The van der Waals surface area contributed by atoms with E-state index < -0.39 is 72.0 Å². The second-order valence-electron chi connectivity index (χ2n) is 12.6. The molecule has 0 aromatic rings. The van der Waals surface area contributed by atoms with Gasteiger partial charge in [0.25, 0.3) is 0 Å². The number of unbranched alkanes of at least 4 members (excludes halogenated alkanes) is 2. The minimum atomic E-state index is -2.24. The molecule has 0 aromatic carbocycles. The van der Waals surface area contributed by atoms with Crippen LogP contribution in [0, 0.1) is 35.5 Å². The Labute approximate surface area is 230 Å². The number of Topliss-reactive ketones (excluding diaryl/α,β-unsaturated/α-hetero) is 1. The number of hydrogen-bond donors (Lipinski definition) is 8. The molecule has 11 nitrogen and oxygen atoms in total. The average Bonchev–Trinajstić information content (AvgIpc) is 2.86. The molecule has 4 rings (SSSR count). The molecule has 0 heterocycles. The maximum Gasteiger partial charge on any atom is 0.176 e. The molecular formula is C28H48N2O9. The topological polar surface area (TPSA) is 197 Å². The van der Waals surface area contributed by atoms with Gasteiger partial charge < -0.3 is 51.1 Å². The lowest BCUT2D eigenvalue weighted by atomic mass is 9.49. The van der Waals surface area contributed by atoms with Gasteiger partial charge in [-0.05, 0) is 76.5 Å². The van der Waals surface area contributed by atoms with Crippen LogP contribution in [0.3, 0.4) is 0 Å². The smallest absolute Gasteiger partial charge is 0.176 e. The van der Waals surface area contributed by atoms with Gasteiger partial charge in [-0.3, -0.25) is 4.79 Å². The number of carbonyl (C=O) groups excluding carboxylic acids is 1. The Kier molecular flexibility index (Phi) is 9.59. The Hall–Kier alpha value is -0.990. The van der Waals surface area contributed by atoms with E-state index in [4.69, 9.17) is 10.5 Å². The first-order chi connectivity index (χ1) is 18.3. The van der Waals surface area contributed by atoms with Crippen LogP contribution in [0.1, 0.15) is 51.4 Å². The third kappa shape index (κ3) is 5.48. The van der Waals surface area contributed by atoms with Gasteiger partial charge in [0.1, 0.15) is 6.23 Å². The molecule has 0 spiro atoms. The average molecular weight is 557 g/mol. The van der Waals surface area contributed by atoms with Crippen LogP contribution in [0.15, 0.2) is 11.6 Å². The Bertz CT molecular complexity index is 900. The molecule has 11 unspecified atom stereocenters. The molecule has 0 saturated heterocycles. The first-order valence-corrected chi connectivity index (χ1v) is 14.3. The van der Waals surface area contributed by atoms with Crippen molar-refractivity contribution in [3.63, 3.8) is 0 Å². The van der Waals surface area contributed by atoms with Crippen molar-refractivity contribution in [3.8, 4) is 0 Å². The van der Waals surface area contributed by atoms with Crippen molar-refractivity contribution in [3.05, 3.63) is 11.6 Å². The van der Waals surface area contributed by atoms with Crippen LogP contribution >= 0.6 is 0 Å². The maximum absolute atomic E-state index is 13.3. The predicted molar refractivity (Wildman–Crippen MR) is 141 cm³/mol. The molecule has 0 bridgehead atoms. The van der Waals surface area contributed by atoms with E-state index in [0.717, 1.165) is 24.8 Å². The van der Waals surface area contributed by atoms with Crippen molar-refractivity contribution in [1.82, 2.24) is 4.90 Å². The Balaban J connectivity index is 1.56. The number of rotatable bonds is 9. The van der Waals surface area contributed by atoms with Crippen LogP contribution < -0.4 is 5.73 Å². The van der Waals surface area contributed by atoms with Crippen LogP contribution in [-0.4, -0.2) is 116 Å². The molecule has 4 aliphatic carbocycles. The van der Waals surface area contributed by atoms with Gasteiger partial charge in [0.15, 0.2) is 17.7 Å². The molecule has 224 valence electrons. The van der Waals surface area contributed by atoms with Crippen LogP contribution in [0.5, 0.6) is 0 Å². The van der Waals surface area contributed by atoms with Crippen LogP contribution in [0.2, 0.25) is 0 Å². The number of nitrogens with zero attached hydrogens (tertiary/aromatic N) is 1. The summed E-state index contributed by atoms with van der Waals surface area (Å²) in [5.41, 5.74) is 4.13. The Morgan fingerprint density at radius 3 is 2.38 bits per heavy atom. The highest BCUT2D eigenvalue weighted by molar-refractivity contribution is 5.92.